The minimum Gasteiger partial charge on any atom is -0.344 e. The molecule has 6 rings (SSSR count). The van der Waals surface area contributed by atoms with Crippen LogP contribution in [-0.2, 0) is 5.41 Å². The third kappa shape index (κ3) is 2.16. The van der Waals surface area contributed by atoms with E-state index in [2.05, 4.69) is 109 Å². The first-order valence-electron chi connectivity index (χ1n) is 10.5. The van der Waals surface area contributed by atoms with E-state index < -0.39 is 0 Å². The molecule has 0 atom stereocenters. The Hall–Kier alpha value is -3.32. The van der Waals surface area contributed by atoms with Crippen LogP contribution in [0.1, 0.15) is 36.1 Å². The number of hydrogen-bond donors (Lipinski definition) is 0. The van der Waals surface area contributed by atoms with Gasteiger partial charge in [0.15, 0.2) is 0 Å². The molecule has 1 aliphatic carbocycles. The van der Waals surface area contributed by atoms with Crippen molar-refractivity contribution < 1.29 is 0 Å². The zero-order valence-electron chi connectivity index (χ0n) is 17.2. The first-order chi connectivity index (χ1) is 14.3. The van der Waals surface area contributed by atoms with E-state index in [-0.39, 0.29) is 5.41 Å². The van der Waals surface area contributed by atoms with Crippen molar-refractivity contribution in [3.05, 3.63) is 119 Å². The molecule has 0 unspecified atom stereocenters. The molecule has 0 saturated heterocycles. The minimum absolute atomic E-state index is 0.257. The first kappa shape index (κ1) is 17.8. The molecule has 0 saturated carbocycles. The molecule has 0 N–H and O–H groups in total. The van der Waals surface area contributed by atoms with Crippen molar-refractivity contribution in [2.75, 3.05) is 11.9 Å². The van der Waals surface area contributed by atoms with E-state index in [1.165, 1.54) is 44.8 Å². The first-order valence-corrected chi connectivity index (χ1v) is 10.5. The zero-order valence-corrected chi connectivity index (χ0v) is 17.2. The molecule has 4 aromatic rings. The van der Waals surface area contributed by atoms with E-state index in [0.717, 1.165) is 0 Å². The van der Waals surface area contributed by atoms with E-state index in [1.54, 1.807) is 0 Å². The highest BCUT2D eigenvalue weighted by Gasteiger charge is 2.50. The highest BCUT2D eigenvalue weighted by molar-refractivity contribution is 5.92. The second-order valence-corrected chi connectivity index (χ2v) is 7.43. The largest absolute Gasteiger partial charge is 0.344 e. The van der Waals surface area contributed by atoms with Crippen molar-refractivity contribution in [2.24, 2.45) is 0 Å². The lowest BCUT2D eigenvalue weighted by Crippen LogP contribution is -2.36. The van der Waals surface area contributed by atoms with Crippen molar-refractivity contribution >= 4 is 11.4 Å². The lowest BCUT2D eigenvalue weighted by molar-refractivity contribution is 0.748. The molecule has 0 aromatic heterocycles. The lowest BCUT2D eigenvalue weighted by atomic mass is 9.65. The molecule has 0 amide bonds. The summed E-state index contributed by atoms with van der Waals surface area (Å²) < 4.78 is 0. The number of benzene rings is 4. The number of anilines is 2. The van der Waals surface area contributed by atoms with Crippen LogP contribution in [0.4, 0.5) is 11.4 Å². The van der Waals surface area contributed by atoms with Gasteiger partial charge in [-0.05, 0) is 45.5 Å². The van der Waals surface area contributed by atoms with Crippen molar-refractivity contribution in [3.8, 4) is 11.1 Å². The topological polar surface area (TPSA) is 3.24 Å². The van der Waals surface area contributed by atoms with Crippen molar-refractivity contribution in [1.82, 2.24) is 0 Å². The van der Waals surface area contributed by atoms with Crippen LogP contribution in [-0.4, -0.2) is 7.05 Å². The van der Waals surface area contributed by atoms with E-state index in [0.29, 0.717) is 0 Å². The average Bonchev–Trinajstić information content (AvgIpc) is 3.10. The second kappa shape index (κ2) is 6.63. The summed E-state index contributed by atoms with van der Waals surface area (Å²) in [6.07, 6.45) is 0. The Labute approximate surface area is 173 Å². The Morgan fingerprint density at radius 2 is 0.828 bits per heavy atom. The summed E-state index contributed by atoms with van der Waals surface area (Å²) in [7, 11) is 2.18. The molecule has 1 nitrogen and oxygen atoms in total. The Balaban J connectivity index is 0.000000882. The molecular weight excluding hydrogens is 350 g/mol. The van der Waals surface area contributed by atoms with Gasteiger partial charge in [-0.25, -0.2) is 0 Å². The van der Waals surface area contributed by atoms with Gasteiger partial charge in [-0.3, -0.25) is 0 Å². The van der Waals surface area contributed by atoms with Crippen LogP contribution in [0.3, 0.4) is 0 Å². The number of hydrogen-bond acceptors (Lipinski definition) is 1. The molecule has 2 aliphatic rings. The van der Waals surface area contributed by atoms with E-state index in [9.17, 15) is 0 Å². The summed E-state index contributed by atoms with van der Waals surface area (Å²) in [6.45, 7) is 4.00. The molecule has 1 spiro atoms. The van der Waals surface area contributed by atoms with E-state index in [4.69, 9.17) is 0 Å². The van der Waals surface area contributed by atoms with Crippen LogP contribution in [0.15, 0.2) is 97.1 Å². The van der Waals surface area contributed by atoms with Gasteiger partial charge in [-0.2, -0.15) is 0 Å². The third-order valence-electron chi connectivity index (χ3n) is 6.29. The number of fused-ring (bicyclic) bond motifs is 9. The van der Waals surface area contributed by atoms with Gasteiger partial charge >= 0.3 is 0 Å². The number of para-hydroxylation sites is 2. The highest BCUT2D eigenvalue weighted by atomic mass is 15.1. The smallest absolute Gasteiger partial charge is 0.0754 e. The Morgan fingerprint density at radius 3 is 1.28 bits per heavy atom. The van der Waals surface area contributed by atoms with Crippen LogP contribution < -0.4 is 4.90 Å². The van der Waals surface area contributed by atoms with E-state index >= 15 is 0 Å². The zero-order chi connectivity index (χ0) is 20.0. The normalized spacial score (nSPS) is 14.2. The van der Waals surface area contributed by atoms with Crippen LogP contribution >= 0.6 is 0 Å². The highest BCUT2D eigenvalue weighted by Crippen LogP contribution is 2.61. The summed E-state index contributed by atoms with van der Waals surface area (Å²) in [5, 5.41) is 0. The Bertz CT molecular complexity index is 1110. The molecule has 0 fully saturated rings. The molecular formula is C28H25N. The summed E-state index contributed by atoms with van der Waals surface area (Å²) in [5.41, 5.74) is 10.5. The van der Waals surface area contributed by atoms with E-state index in [1.807, 2.05) is 13.8 Å². The predicted octanol–water partition coefficient (Wildman–Crippen LogP) is 7.16. The minimum atomic E-state index is -0.257. The third-order valence-corrected chi connectivity index (χ3v) is 6.29. The molecule has 142 valence electrons. The van der Waals surface area contributed by atoms with Gasteiger partial charge in [-0.15, -0.1) is 0 Å². The summed E-state index contributed by atoms with van der Waals surface area (Å²) in [5.74, 6) is 0. The van der Waals surface area contributed by atoms with Crippen LogP contribution in [0.2, 0.25) is 0 Å². The lowest BCUT2D eigenvalue weighted by Gasteiger charge is -2.43. The van der Waals surface area contributed by atoms with Crippen molar-refractivity contribution in [1.29, 1.82) is 0 Å². The summed E-state index contributed by atoms with van der Waals surface area (Å²) >= 11 is 0. The second-order valence-electron chi connectivity index (χ2n) is 7.43. The van der Waals surface area contributed by atoms with Crippen LogP contribution in [0.25, 0.3) is 11.1 Å². The van der Waals surface area contributed by atoms with Crippen molar-refractivity contribution in [2.45, 2.75) is 19.3 Å². The predicted molar refractivity (Wildman–Crippen MR) is 123 cm³/mol. The van der Waals surface area contributed by atoms with Gasteiger partial charge in [-0.1, -0.05) is 98.8 Å². The van der Waals surface area contributed by atoms with Crippen LogP contribution in [0.5, 0.6) is 0 Å². The molecule has 29 heavy (non-hydrogen) atoms. The number of rotatable bonds is 0. The van der Waals surface area contributed by atoms with Crippen LogP contribution in [0, 0.1) is 0 Å². The average molecular weight is 376 g/mol. The standard InChI is InChI=1S/C26H19N.C2H6/c1-27-24-16-8-6-14-22(24)26(23-15-7-9-17-25(23)27)20-12-4-2-10-18(20)19-11-3-5-13-21(19)26;1-2/h2-17H,1H3;1-2H3. The van der Waals surface area contributed by atoms with Gasteiger partial charge in [0.25, 0.3) is 0 Å². The van der Waals surface area contributed by atoms with Gasteiger partial charge in [0.1, 0.15) is 0 Å². The number of nitrogens with zero attached hydrogens (tertiary/aromatic N) is 1. The monoisotopic (exact) mass is 375 g/mol. The fraction of sp³-hybridized carbons (Fsp3) is 0.143. The molecule has 0 bridgehead atoms. The van der Waals surface area contributed by atoms with Gasteiger partial charge in [0.2, 0.25) is 0 Å². The maximum atomic E-state index is 2.33. The van der Waals surface area contributed by atoms with Gasteiger partial charge < -0.3 is 4.90 Å². The quantitative estimate of drug-likeness (QED) is 0.278. The molecule has 1 heteroatoms. The Morgan fingerprint density at radius 1 is 0.483 bits per heavy atom. The fourth-order valence-corrected chi connectivity index (χ4v) is 5.26. The maximum absolute atomic E-state index is 2.33. The molecule has 1 heterocycles. The fourth-order valence-electron chi connectivity index (χ4n) is 5.26. The summed E-state index contributed by atoms with van der Waals surface area (Å²) in [6, 6.07) is 35.6. The maximum Gasteiger partial charge on any atom is 0.0754 e. The Kier molecular flexibility index (Phi) is 4.06. The molecule has 0 radical (unpaired) electrons. The van der Waals surface area contributed by atoms with Crippen molar-refractivity contribution in [3.63, 3.8) is 0 Å². The summed E-state index contributed by atoms with van der Waals surface area (Å²) in [4.78, 5) is 2.33. The molecule has 4 aromatic carbocycles. The molecule has 1 aliphatic heterocycles. The van der Waals surface area contributed by atoms with Gasteiger partial charge in [0, 0.05) is 18.4 Å². The SMILES string of the molecule is CC.CN1c2ccccc2C2(c3ccccc3-c3ccccc32)c2ccccc21. The van der Waals surface area contributed by atoms with Gasteiger partial charge in [0.05, 0.1) is 5.41 Å².